The third kappa shape index (κ3) is 4.26. The molecule has 0 saturated carbocycles. The van der Waals surface area contributed by atoms with Crippen molar-refractivity contribution in [3.05, 3.63) is 35.4 Å². The monoisotopic (exact) mass is 303 g/mol. The Morgan fingerprint density at radius 2 is 2.29 bits per heavy atom. The van der Waals surface area contributed by atoms with E-state index in [1.165, 1.54) is 0 Å². The summed E-state index contributed by atoms with van der Waals surface area (Å²) in [5.74, 6) is 7.15. The Morgan fingerprint density at radius 1 is 1.48 bits per heavy atom. The smallest absolute Gasteiger partial charge is 0.236 e. The van der Waals surface area contributed by atoms with E-state index in [0.29, 0.717) is 13.0 Å². The second-order valence-corrected chi connectivity index (χ2v) is 6.90. The molecule has 4 heteroatoms. The first-order chi connectivity index (χ1) is 10.2. The first-order valence-corrected chi connectivity index (χ1v) is 8.24. The summed E-state index contributed by atoms with van der Waals surface area (Å²) in [5.41, 5.74) is 1.93. The highest BCUT2D eigenvalue weighted by Gasteiger charge is 2.36. The van der Waals surface area contributed by atoms with E-state index < -0.39 is 0 Å². The minimum Gasteiger partial charge on any atom is -0.395 e. The van der Waals surface area contributed by atoms with Crippen molar-refractivity contribution in [2.45, 2.75) is 37.5 Å². The molecule has 1 unspecified atom stereocenters. The molecule has 0 spiro atoms. The summed E-state index contributed by atoms with van der Waals surface area (Å²) in [6.45, 7) is 2.59. The zero-order valence-corrected chi connectivity index (χ0v) is 13.1. The van der Waals surface area contributed by atoms with Crippen LogP contribution >= 0.6 is 11.8 Å². The molecule has 1 saturated heterocycles. The van der Waals surface area contributed by atoms with Crippen molar-refractivity contribution in [2.24, 2.45) is 0 Å². The van der Waals surface area contributed by atoms with Gasteiger partial charge in [-0.05, 0) is 37.1 Å². The quantitative estimate of drug-likeness (QED) is 0.839. The van der Waals surface area contributed by atoms with Gasteiger partial charge < -0.3 is 10.4 Å². The van der Waals surface area contributed by atoms with Crippen LogP contribution in [0.1, 0.15) is 37.3 Å². The van der Waals surface area contributed by atoms with Crippen molar-refractivity contribution in [1.82, 2.24) is 5.32 Å². The van der Waals surface area contributed by atoms with E-state index in [-0.39, 0.29) is 17.3 Å². The molecule has 21 heavy (non-hydrogen) atoms. The van der Waals surface area contributed by atoms with Crippen LogP contribution in [0.4, 0.5) is 0 Å². The van der Waals surface area contributed by atoms with E-state index in [4.69, 9.17) is 5.11 Å². The fraction of sp³-hybridized carbons (Fsp3) is 0.471. The van der Waals surface area contributed by atoms with E-state index in [1.807, 2.05) is 31.2 Å². The third-order valence-electron chi connectivity index (χ3n) is 3.62. The number of aliphatic hydroxyl groups excluding tert-OH is 1. The van der Waals surface area contributed by atoms with Crippen molar-refractivity contribution in [3.8, 4) is 11.8 Å². The van der Waals surface area contributed by atoms with Crippen molar-refractivity contribution >= 4 is 17.7 Å². The molecule has 1 fully saturated rings. The van der Waals surface area contributed by atoms with E-state index in [0.717, 1.165) is 29.7 Å². The molecule has 1 aliphatic rings. The maximum Gasteiger partial charge on any atom is 0.236 e. The zero-order chi connectivity index (χ0) is 15.1. The van der Waals surface area contributed by atoms with Crippen molar-refractivity contribution in [1.29, 1.82) is 0 Å². The fourth-order valence-electron chi connectivity index (χ4n) is 2.33. The Morgan fingerprint density at radius 3 is 3.00 bits per heavy atom. The van der Waals surface area contributed by atoms with Crippen LogP contribution in [0.25, 0.3) is 0 Å². The van der Waals surface area contributed by atoms with E-state index in [9.17, 15) is 4.79 Å². The number of amides is 1. The molecule has 0 bridgehead atoms. The van der Waals surface area contributed by atoms with Crippen LogP contribution in [0.5, 0.6) is 0 Å². The lowest BCUT2D eigenvalue weighted by atomic mass is 10.0. The van der Waals surface area contributed by atoms with Gasteiger partial charge in [-0.1, -0.05) is 30.0 Å². The number of aliphatic hydroxyl groups is 1. The molecule has 1 aromatic carbocycles. The highest BCUT2D eigenvalue weighted by atomic mass is 32.2. The molecular formula is C17H21NO2S. The van der Waals surface area contributed by atoms with Gasteiger partial charge in [0.2, 0.25) is 5.91 Å². The van der Waals surface area contributed by atoms with Crippen LogP contribution in [0, 0.1) is 11.8 Å². The Kier molecular flexibility index (Phi) is 5.72. The molecule has 2 rings (SSSR count). The van der Waals surface area contributed by atoms with Crippen LogP contribution in [0.3, 0.4) is 0 Å². The van der Waals surface area contributed by atoms with Gasteiger partial charge in [-0.3, -0.25) is 4.79 Å². The topological polar surface area (TPSA) is 49.3 Å². The average Bonchev–Trinajstić information content (AvgIpc) is 2.94. The number of carbonyl (C=O) groups is 1. The minimum atomic E-state index is -0.280. The van der Waals surface area contributed by atoms with Crippen LogP contribution in [-0.2, 0) is 11.3 Å². The van der Waals surface area contributed by atoms with Gasteiger partial charge in [0.25, 0.3) is 0 Å². The number of thioether (sulfide) groups is 1. The predicted octanol–water partition coefficient (Wildman–Crippen LogP) is 2.32. The van der Waals surface area contributed by atoms with Gasteiger partial charge in [0.1, 0.15) is 0 Å². The molecule has 0 aromatic heterocycles. The first kappa shape index (κ1) is 15.9. The van der Waals surface area contributed by atoms with Crippen molar-refractivity contribution in [3.63, 3.8) is 0 Å². The zero-order valence-electron chi connectivity index (χ0n) is 12.3. The third-order valence-corrected chi connectivity index (χ3v) is 5.14. The molecule has 0 aliphatic carbocycles. The SMILES string of the molecule is CC1(C(=O)NCc2ccccc2C#CCCO)CCCS1. The normalized spacial score (nSPS) is 20.7. The summed E-state index contributed by atoms with van der Waals surface area (Å²) in [6, 6.07) is 7.80. The molecular weight excluding hydrogens is 282 g/mol. The molecule has 1 amide bonds. The molecule has 0 radical (unpaired) electrons. The molecule has 2 N–H and O–H groups in total. The molecule has 1 heterocycles. The number of hydrogen-bond donors (Lipinski definition) is 2. The number of carbonyl (C=O) groups excluding carboxylic acids is 1. The molecule has 1 atom stereocenters. The maximum atomic E-state index is 12.3. The van der Waals surface area contributed by atoms with Gasteiger partial charge in [0.05, 0.1) is 11.4 Å². The van der Waals surface area contributed by atoms with Gasteiger partial charge in [-0.2, -0.15) is 0 Å². The molecule has 112 valence electrons. The average molecular weight is 303 g/mol. The highest BCUT2D eigenvalue weighted by Crippen LogP contribution is 2.37. The van der Waals surface area contributed by atoms with Crippen molar-refractivity contribution < 1.29 is 9.90 Å². The number of nitrogens with one attached hydrogen (secondary N) is 1. The second kappa shape index (κ2) is 7.53. The van der Waals surface area contributed by atoms with Crippen LogP contribution in [0.2, 0.25) is 0 Å². The van der Waals surface area contributed by atoms with Gasteiger partial charge in [0, 0.05) is 18.5 Å². The van der Waals surface area contributed by atoms with Gasteiger partial charge in [0.15, 0.2) is 0 Å². The lowest BCUT2D eigenvalue weighted by Gasteiger charge is -2.21. The number of rotatable bonds is 4. The van der Waals surface area contributed by atoms with E-state index in [1.54, 1.807) is 11.8 Å². The lowest BCUT2D eigenvalue weighted by Crippen LogP contribution is -2.39. The highest BCUT2D eigenvalue weighted by molar-refractivity contribution is 8.01. The maximum absolute atomic E-state index is 12.3. The first-order valence-electron chi connectivity index (χ1n) is 7.25. The Labute approximate surface area is 130 Å². The lowest BCUT2D eigenvalue weighted by molar-refractivity contribution is -0.123. The van der Waals surface area contributed by atoms with Gasteiger partial charge in [-0.15, -0.1) is 11.8 Å². The molecule has 1 aliphatic heterocycles. The molecule has 1 aromatic rings. The Hall–Kier alpha value is -1.44. The standard InChI is InChI=1S/C17H21NO2S/c1-17(10-6-12-21-17)16(20)18-13-15-9-3-2-7-14(15)8-4-5-11-19/h2-3,7,9,19H,5-6,10-13H2,1H3,(H,18,20). The largest absolute Gasteiger partial charge is 0.395 e. The summed E-state index contributed by atoms with van der Waals surface area (Å²) in [7, 11) is 0. The predicted molar refractivity (Wildman–Crippen MR) is 87.0 cm³/mol. The van der Waals surface area contributed by atoms with Gasteiger partial charge >= 0.3 is 0 Å². The number of benzene rings is 1. The fourth-order valence-corrected chi connectivity index (χ4v) is 3.56. The van der Waals surface area contributed by atoms with Crippen LogP contribution in [-0.4, -0.2) is 28.1 Å². The summed E-state index contributed by atoms with van der Waals surface area (Å²) >= 11 is 1.74. The van der Waals surface area contributed by atoms with Gasteiger partial charge in [-0.25, -0.2) is 0 Å². The summed E-state index contributed by atoms with van der Waals surface area (Å²) < 4.78 is -0.280. The van der Waals surface area contributed by atoms with E-state index in [2.05, 4.69) is 17.2 Å². The minimum absolute atomic E-state index is 0.0709. The Balaban J connectivity index is 2.00. The summed E-state index contributed by atoms with van der Waals surface area (Å²) in [4.78, 5) is 12.3. The van der Waals surface area contributed by atoms with Crippen LogP contribution < -0.4 is 5.32 Å². The van der Waals surface area contributed by atoms with Crippen LogP contribution in [0.15, 0.2) is 24.3 Å². The number of hydrogen-bond acceptors (Lipinski definition) is 3. The molecule has 3 nitrogen and oxygen atoms in total. The second-order valence-electron chi connectivity index (χ2n) is 5.30. The van der Waals surface area contributed by atoms with E-state index >= 15 is 0 Å². The Bertz CT molecular complexity index is 553. The summed E-state index contributed by atoms with van der Waals surface area (Å²) in [6.07, 6.45) is 2.52. The summed E-state index contributed by atoms with van der Waals surface area (Å²) in [5, 5.41) is 11.8. The van der Waals surface area contributed by atoms with Crippen molar-refractivity contribution in [2.75, 3.05) is 12.4 Å².